The van der Waals surface area contributed by atoms with Crippen molar-refractivity contribution in [3.8, 4) is 66.8 Å². The lowest BCUT2D eigenvalue weighted by Crippen LogP contribution is -2.27. The van der Waals surface area contributed by atoms with Gasteiger partial charge in [0, 0.05) is 22.3 Å². The molecule has 0 fully saturated rings. The molecule has 0 bridgehead atoms. The zero-order valence-corrected chi connectivity index (χ0v) is 42.7. The third-order valence-corrected chi connectivity index (χ3v) is 19.1. The fourth-order valence-corrected chi connectivity index (χ4v) is 16.2. The lowest BCUT2D eigenvalue weighted by atomic mass is 9.69. The van der Waals surface area contributed by atoms with Gasteiger partial charge >= 0.3 is 0 Å². The van der Waals surface area contributed by atoms with E-state index in [1.165, 1.54) is 66.8 Å². The second-order valence-corrected chi connectivity index (χ2v) is 22.3. The van der Waals surface area contributed by atoms with Crippen LogP contribution < -0.4 is 0 Å². The van der Waals surface area contributed by atoms with E-state index >= 15 is 9.59 Å². The molecule has 12 aromatic carbocycles. The third kappa shape index (κ3) is 5.05. The van der Waals surface area contributed by atoms with Gasteiger partial charge in [-0.25, -0.2) is 0 Å². The zero-order chi connectivity index (χ0) is 51.9. The van der Waals surface area contributed by atoms with Crippen LogP contribution in [-0.4, -0.2) is 11.6 Å². The van der Waals surface area contributed by atoms with Gasteiger partial charge in [0.05, 0.1) is 16.2 Å². The average Bonchev–Trinajstić information content (AvgIpc) is 4.39. The van der Waals surface area contributed by atoms with E-state index in [2.05, 4.69) is 243 Å². The van der Waals surface area contributed by atoms with Gasteiger partial charge in [-0.1, -0.05) is 243 Å². The van der Waals surface area contributed by atoms with Gasteiger partial charge in [-0.05, 0) is 158 Å². The fraction of sp³-hybridized carbons (Fsp3) is 0.0390. The molecule has 12 aromatic rings. The summed E-state index contributed by atoms with van der Waals surface area (Å²) in [6.07, 6.45) is 0. The Hall–Kier alpha value is -10.0. The van der Waals surface area contributed by atoms with Crippen molar-refractivity contribution in [3.63, 3.8) is 0 Å². The number of carbonyl (C=O) groups excluding carboxylic acids is 2. The normalized spacial score (nSPS) is 15.0. The first-order valence-electron chi connectivity index (χ1n) is 27.5. The molecule has 364 valence electrons. The summed E-state index contributed by atoms with van der Waals surface area (Å²) >= 11 is 0. The van der Waals surface area contributed by atoms with E-state index in [9.17, 15) is 0 Å². The first kappa shape index (κ1) is 43.1. The Bertz CT molecular complexity index is 4360. The van der Waals surface area contributed by atoms with Crippen LogP contribution in [0.2, 0.25) is 0 Å². The van der Waals surface area contributed by atoms with Crippen molar-refractivity contribution in [1.82, 2.24) is 0 Å². The fourth-order valence-electron chi connectivity index (χ4n) is 16.2. The maximum atomic E-state index is 15.6. The first-order chi connectivity index (χ1) is 39.0. The average molecular weight is 1000 g/mol. The monoisotopic (exact) mass is 1000 g/mol. The van der Waals surface area contributed by atoms with Gasteiger partial charge < -0.3 is 0 Å². The maximum Gasteiger partial charge on any atom is 0.193 e. The van der Waals surface area contributed by atoms with Gasteiger partial charge in [0.2, 0.25) is 0 Å². The van der Waals surface area contributed by atoms with Gasteiger partial charge in [0.15, 0.2) is 11.6 Å². The summed E-state index contributed by atoms with van der Waals surface area (Å²) in [4.78, 5) is 31.2. The summed E-state index contributed by atoms with van der Waals surface area (Å²) in [5.41, 5.74) is 28.9. The van der Waals surface area contributed by atoms with Gasteiger partial charge in [-0.2, -0.15) is 0 Å². The van der Waals surface area contributed by atoms with E-state index in [1.54, 1.807) is 0 Å². The number of ketones is 2. The Morgan fingerprint density at radius 2 is 0.329 bits per heavy atom. The van der Waals surface area contributed by atoms with Crippen molar-refractivity contribution < 1.29 is 9.59 Å². The number of hydrogen-bond donors (Lipinski definition) is 0. The Balaban J connectivity index is 0.796. The van der Waals surface area contributed by atoms with Crippen molar-refractivity contribution in [2.45, 2.75) is 16.2 Å². The van der Waals surface area contributed by atoms with E-state index < -0.39 is 16.2 Å². The second-order valence-electron chi connectivity index (χ2n) is 22.3. The van der Waals surface area contributed by atoms with E-state index in [0.29, 0.717) is 22.3 Å². The van der Waals surface area contributed by atoms with Gasteiger partial charge in [0.25, 0.3) is 0 Å². The molecule has 2 heteroatoms. The summed E-state index contributed by atoms with van der Waals surface area (Å²) < 4.78 is 0. The highest BCUT2D eigenvalue weighted by atomic mass is 16.1. The molecular weight excluding hydrogens is 957 g/mol. The van der Waals surface area contributed by atoms with Crippen molar-refractivity contribution in [1.29, 1.82) is 0 Å². The molecule has 18 rings (SSSR count). The smallest absolute Gasteiger partial charge is 0.193 e. The van der Waals surface area contributed by atoms with E-state index in [0.717, 1.165) is 66.8 Å². The molecule has 0 unspecified atom stereocenters. The van der Waals surface area contributed by atoms with Gasteiger partial charge in [0.1, 0.15) is 0 Å². The number of fused-ring (bicyclic) bond motifs is 30. The lowest BCUT2D eigenvalue weighted by Gasteiger charge is -2.31. The molecule has 0 aliphatic heterocycles. The molecule has 6 aliphatic rings. The minimum atomic E-state index is -0.799. The van der Waals surface area contributed by atoms with Gasteiger partial charge in [-0.3, -0.25) is 9.59 Å². The predicted octanol–water partition coefficient (Wildman–Crippen LogP) is 17.2. The van der Waals surface area contributed by atoms with Crippen molar-refractivity contribution >= 4 is 11.6 Å². The highest BCUT2D eigenvalue weighted by Crippen LogP contribution is 2.66. The number of rotatable bonds is 4. The summed E-state index contributed by atoms with van der Waals surface area (Å²) in [7, 11) is 0. The molecule has 0 amide bonds. The van der Waals surface area contributed by atoms with Crippen molar-refractivity contribution in [2.75, 3.05) is 0 Å². The van der Waals surface area contributed by atoms with Crippen LogP contribution in [0.4, 0.5) is 0 Å². The molecule has 0 saturated carbocycles. The number of carbonyl (C=O) groups is 2. The Morgan fingerprint density at radius 3 is 0.519 bits per heavy atom. The van der Waals surface area contributed by atoms with Crippen LogP contribution in [0.5, 0.6) is 0 Å². The number of benzene rings is 12. The van der Waals surface area contributed by atoms with E-state index in [4.69, 9.17) is 0 Å². The Kier molecular flexibility index (Phi) is 8.26. The summed E-state index contributed by atoms with van der Waals surface area (Å²) in [6, 6.07) is 95.7. The first-order valence-corrected chi connectivity index (χ1v) is 27.5. The predicted molar refractivity (Wildman–Crippen MR) is 315 cm³/mol. The zero-order valence-electron chi connectivity index (χ0n) is 42.7. The van der Waals surface area contributed by atoms with Crippen molar-refractivity contribution in [2.24, 2.45) is 0 Å². The largest absolute Gasteiger partial charge is 0.289 e. The molecule has 0 aromatic heterocycles. The van der Waals surface area contributed by atoms with E-state index in [-0.39, 0.29) is 11.6 Å². The molecule has 3 spiro atoms. The molecule has 0 radical (unpaired) electrons. The van der Waals surface area contributed by atoms with Crippen LogP contribution in [0, 0.1) is 0 Å². The molecule has 79 heavy (non-hydrogen) atoms. The highest BCUT2D eigenvalue weighted by molar-refractivity contribution is 6.13. The van der Waals surface area contributed by atoms with Crippen LogP contribution in [0.15, 0.2) is 267 Å². The van der Waals surface area contributed by atoms with Crippen LogP contribution in [0.25, 0.3) is 66.8 Å². The topological polar surface area (TPSA) is 34.1 Å². The molecule has 6 aliphatic carbocycles. The molecule has 0 N–H and O–H groups in total. The van der Waals surface area contributed by atoms with Crippen molar-refractivity contribution in [3.05, 3.63) is 356 Å². The van der Waals surface area contributed by atoms with Crippen LogP contribution in [-0.2, 0) is 16.2 Å². The second kappa shape index (κ2) is 15.1. The quantitative estimate of drug-likeness (QED) is 0.165. The Labute approximate surface area is 457 Å². The molecule has 2 nitrogen and oxygen atoms in total. The summed E-state index contributed by atoms with van der Waals surface area (Å²) in [5, 5.41) is 0. The Morgan fingerprint density at radius 1 is 0.177 bits per heavy atom. The molecule has 0 heterocycles. The molecule has 0 saturated heterocycles. The molecular formula is C77H44O2. The maximum absolute atomic E-state index is 15.6. The summed E-state index contributed by atoms with van der Waals surface area (Å²) in [6.45, 7) is 0. The summed E-state index contributed by atoms with van der Waals surface area (Å²) in [5.74, 6) is -0.0521. The SMILES string of the molecule is O=C(c1ccc2c(c1)C1(c3ccccc3-c3ccccc31)c1ccccc1-2)c1ccc2c(c1)C1(c3ccccc3-c3ccccc31)c1cc(C(=O)c3ccc4c(c3)C3(c5ccccc5-c5ccccc53)c3ccccc3-4)ccc1-2. The third-order valence-electron chi connectivity index (χ3n) is 19.1. The number of hydrogen-bond acceptors (Lipinski definition) is 2. The standard InChI is InChI=1S/C77H44O2/c78-73(45-33-37-57-55-23-7-13-29-65(55)75(69(57)41-45)61-25-9-1-17-49(61)50-18-2-10-26-62(50)75)47-35-39-59-60-40-36-48(44-72(60)77(71(59)43-47)67-31-15-5-21-53(67)54-22-6-16-32-68(54)77)74(79)46-34-38-58-56-24-8-14-30-66(56)76(70(58)42-46)63-27-11-3-19-51(63)52-20-4-12-28-64(52)76/h1-44H. The molecule has 0 atom stereocenters. The van der Waals surface area contributed by atoms with Gasteiger partial charge in [-0.15, -0.1) is 0 Å². The minimum absolute atomic E-state index is 0.0261. The minimum Gasteiger partial charge on any atom is -0.289 e. The highest BCUT2D eigenvalue weighted by Gasteiger charge is 2.55. The van der Waals surface area contributed by atoms with Crippen LogP contribution in [0.1, 0.15) is 98.6 Å². The van der Waals surface area contributed by atoms with Crippen LogP contribution >= 0.6 is 0 Å². The van der Waals surface area contributed by atoms with E-state index in [1.807, 2.05) is 24.3 Å². The van der Waals surface area contributed by atoms with Crippen LogP contribution in [0.3, 0.4) is 0 Å². The lowest BCUT2D eigenvalue weighted by molar-refractivity contribution is 0.103.